The van der Waals surface area contributed by atoms with E-state index in [1.54, 1.807) is 37.9 Å². The molecule has 10 heteroatoms. The predicted molar refractivity (Wildman–Crippen MR) is 134 cm³/mol. The van der Waals surface area contributed by atoms with Crippen molar-refractivity contribution in [3.8, 4) is 6.19 Å². The smallest absolute Gasteiger partial charge is 0.410 e. The van der Waals surface area contributed by atoms with Gasteiger partial charge in [0, 0.05) is 17.6 Å². The fraction of sp³-hybridized carbons (Fsp3) is 0.560. The number of ether oxygens (including phenoxy) is 1. The molecule has 1 heterocycles. The van der Waals surface area contributed by atoms with Crippen LogP contribution in [0.3, 0.4) is 0 Å². The standard InChI is InChI=1S/C25H33N5O4S/c1-25(2,3)34-24(32)30-13-6-9-19(30)12-14-35(33,27-16-26)29-23(31)28-22-20-10-4-7-17(20)15-18-8-5-11-21(18)22/h12,14-15,19H,4-11,13H2,1-3H3,(H2,27,28,29,31,33)/b14-12+. The zero-order valence-corrected chi connectivity index (χ0v) is 21.4. The maximum absolute atomic E-state index is 13.3. The van der Waals surface area contributed by atoms with Gasteiger partial charge in [-0.15, -0.1) is 0 Å². The van der Waals surface area contributed by atoms with Gasteiger partial charge in [0.05, 0.1) is 6.04 Å². The zero-order chi connectivity index (χ0) is 25.2. The number of aryl methyl sites for hydroxylation is 2. The van der Waals surface area contributed by atoms with Crippen LogP contribution in [0.1, 0.15) is 68.7 Å². The minimum atomic E-state index is -3.52. The molecule has 2 unspecified atom stereocenters. The predicted octanol–water partition coefficient (Wildman–Crippen LogP) is 4.56. The minimum absolute atomic E-state index is 0.356. The number of nitrogens with one attached hydrogen (secondary N) is 2. The molecule has 0 spiro atoms. The molecule has 0 radical (unpaired) electrons. The van der Waals surface area contributed by atoms with Crippen molar-refractivity contribution in [3.05, 3.63) is 39.8 Å². The van der Waals surface area contributed by atoms with Crippen molar-refractivity contribution >= 4 is 27.7 Å². The summed E-state index contributed by atoms with van der Waals surface area (Å²) < 4.78 is 24.7. The van der Waals surface area contributed by atoms with Crippen molar-refractivity contribution in [2.24, 2.45) is 4.36 Å². The first-order valence-corrected chi connectivity index (χ1v) is 13.7. The highest BCUT2D eigenvalue weighted by Gasteiger charge is 2.31. The Morgan fingerprint density at radius 2 is 1.83 bits per heavy atom. The number of hydrogen-bond acceptors (Lipinski definition) is 6. The van der Waals surface area contributed by atoms with E-state index in [-0.39, 0.29) is 6.04 Å². The first-order chi connectivity index (χ1) is 16.6. The third-order valence-corrected chi connectivity index (χ3v) is 7.90. The Morgan fingerprint density at radius 1 is 1.17 bits per heavy atom. The molecular weight excluding hydrogens is 466 g/mol. The fourth-order valence-corrected chi connectivity index (χ4v) is 6.13. The van der Waals surface area contributed by atoms with Crippen molar-refractivity contribution in [3.63, 3.8) is 0 Å². The number of carbonyl (C=O) groups excluding carboxylic acids is 2. The lowest BCUT2D eigenvalue weighted by Crippen LogP contribution is -2.39. The second-order valence-electron chi connectivity index (χ2n) is 10.3. The molecule has 2 aliphatic carbocycles. The van der Waals surface area contributed by atoms with Gasteiger partial charge in [0.25, 0.3) is 0 Å². The van der Waals surface area contributed by atoms with Gasteiger partial charge in [0.1, 0.15) is 5.60 Å². The molecule has 1 aromatic rings. The van der Waals surface area contributed by atoms with Crippen molar-refractivity contribution < 1.29 is 18.5 Å². The first kappa shape index (κ1) is 25.0. The van der Waals surface area contributed by atoms with Crippen LogP contribution in [0.25, 0.3) is 0 Å². The Kier molecular flexibility index (Phi) is 7.08. The molecule has 2 atom stereocenters. The number of carbonyl (C=O) groups is 2. The number of urea groups is 1. The van der Waals surface area contributed by atoms with E-state index in [1.165, 1.54) is 16.5 Å². The van der Waals surface area contributed by atoms with Gasteiger partial charge < -0.3 is 15.0 Å². The third kappa shape index (κ3) is 5.78. The van der Waals surface area contributed by atoms with Crippen LogP contribution in [-0.2, 0) is 40.3 Å². The van der Waals surface area contributed by atoms with Gasteiger partial charge in [-0.3, -0.25) is 0 Å². The number of nitriles is 1. The van der Waals surface area contributed by atoms with E-state index >= 15 is 0 Å². The van der Waals surface area contributed by atoms with Crippen molar-refractivity contribution in [1.29, 1.82) is 5.26 Å². The van der Waals surface area contributed by atoms with Crippen LogP contribution in [-0.4, -0.2) is 39.4 Å². The molecule has 1 fully saturated rings. The summed E-state index contributed by atoms with van der Waals surface area (Å²) in [4.78, 5) is 27.0. The first-order valence-electron chi connectivity index (χ1n) is 12.2. The number of fused-ring (bicyclic) bond motifs is 2. The number of amides is 3. The molecule has 1 saturated heterocycles. The van der Waals surface area contributed by atoms with Gasteiger partial charge in [0.15, 0.2) is 9.92 Å². The molecule has 0 bridgehead atoms. The van der Waals surface area contributed by atoms with E-state index in [9.17, 15) is 13.8 Å². The van der Waals surface area contributed by atoms with Gasteiger partial charge in [-0.2, -0.15) is 5.26 Å². The lowest BCUT2D eigenvalue weighted by atomic mass is 9.99. The zero-order valence-electron chi connectivity index (χ0n) is 20.6. The van der Waals surface area contributed by atoms with Crippen LogP contribution >= 0.6 is 0 Å². The van der Waals surface area contributed by atoms with Gasteiger partial charge >= 0.3 is 12.1 Å². The van der Waals surface area contributed by atoms with E-state index in [2.05, 4.69) is 20.5 Å². The molecular formula is C25H33N5O4S. The van der Waals surface area contributed by atoms with Gasteiger partial charge in [-0.05, 0) is 94.4 Å². The summed E-state index contributed by atoms with van der Waals surface area (Å²) in [6.45, 7) is 5.90. The Balaban J connectivity index is 1.50. The van der Waals surface area contributed by atoms with Crippen LogP contribution in [0.15, 0.2) is 21.9 Å². The van der Waals surface area contributed by atoms with Crippen LogP contribution < -0.4 is 10.0 Å². The van der Waals surface area contributed by atoms with E-state index in [1.807, 2.05) is 0 Å². The number of hydrogen-bond donors (Lipinski definition) is 2. The highest BCUT2D eigenvalue weighted by Crippen LogP contribution is 2.38. The Bertz CT molecular complexity index is 1190. The van der Waals surface area contributed by atoms with Gasteiger partial charge in [-0.1, -0.05) is 16.5 Å². The summed E-state index contributed by atoms with van der Waals surface area (Å²) in [7, 11) is -3.52. The number of anilines is 1. The topological polar surface area (TPSA) is 124 Å². The fourth-order valence-electron chi connectivity index (χ4n) is 5.12. The van der Waals surface area contributed by atoms with Crippen LogP contribution in [0.2, 0.25) is 0 Å². The van der Waals surface area contributed by atoms with Crippen molar-refractivity contribution in [2.45, 2.75) is 83.8 Å². The average molecular weight is 500 g/mol. The monoisotopic (exact) mass is 499 g/mol. The molecule has 2 N–H and O–H groups in total. The Hall–Kier alpha value is -3.06. The third-order valence-electron chi connectivity index (χ3n) is 6.54. The molecule has 1 aliphatic heterocycles. The van der Waals surface area contributed by atoms with E-state index < -0.39 is 27.6 Å². The summed E-state index contributed by atoms with van der Waals surface area (Å²) >= 11 is 0. The van der Waals surface area contributed by atoms with E-state index in [0.29, 0.717) is 13.0 Å². The summed E-state index contributed by atoms with van der Waals surface area (Å²) in [6.07, 6.45) is 9.99. The lowest BCUT2D eigenvalue weighted by molar-refractivity contribution is 0.0256. The lowest BCUT2D eigenvalue weighted by Gasteiger charge is -2.27. The highest BCUT2D eigenvalue weighted by molar-refractivity contribution is 7.95. The Morgan fingerprint density at radius 3 is 2.43 bits per heavy atom. The number of benzene rings is 1. The van der Waals surface area contributed by atoms with Crippen LogP contribution in [0.4, 0.5) is 15.3 Å². The summed E-state index contributed by atoms with van der Waals surface area (Å²) in [5.41, 5.74) is 5.03. The quantitative estimate of drug-likeness (QED) is 0.588. The molecule has 188 valence electrons. The number of rotatable bonds is 4. The van der Waals surface area contributed by atoms with Crippen molar-refractivity contribution in [1.82, 2.24) is 9.62 Å². The van der Waals surface area contributed by atoms with E-state index in [4.69, 9.17) is 10.00 Å². The maximum Gasteiger partial charge on any atom is 0.410 e. The average Bonchev–Trinajstić information content (AvgIpc) is 3.51. The van der Waals surface area contributed by atoms with Gasteiger partial charge in [-0.25, -0.2) is 18.5 Å². The molecule has 0 aromatic heterocycles. The molecule has 0 saturated carbocycles. The van der Waals surface area contributed by atoms with Crippen LogP contribution in [0, 0.1) is 11.5 Å². The summed E-state index contributed by atoms with van der Waals surface area (Å²) in [5, 5.41) is 13.3. The number of likely N-dealkylation sites (tertiary alicyclic amines) is 1. The maximum atomic E-state index is 13.3. The van der Waals surface area contributed by atoms with Crippen molar-refractivity contribution in [2.75, 3.05) is 11.9 Å². The molecule has 3 aliphatic rings. The molecule has 4 rings (SSSR count). The SMILES string of the molecule is CC(C)(C)OC(=O)N1CCCC1/C=C/S(=O)(=NC#N)NC(=O)Nc1c2c(cc3c1CCC3)CCC2. The molecule has 9 nitrogen and oxygen atoms in total. The largest absolute Gasteiger partial charge is 0.444 e. The van der Waals surface area contributed by atoms with Gasteiger partial charge in [0.2, 0.25) is 6.19 Å². The molecule has 1 aromatic carbocycles. The molecule has 35 heavy (non-hydrogen) atoms. The summed E-state index contributed by atoms with van der Waals surface area (Å²) in [6, 6.07) is 1.25. The normalized spacial score (nSPS) is 20.6. The second kappa shape index (κ2) is 9.90. The summed E-state index contributed by atoms with van der Waals surface area (Å²) in [5.74, 6) is 0. The molecule has 3 amide bonds. The van der Waals surface area contributed by atoms with Crippen LogP contribution in [0.5, 0.6) is 0 Å². The number of nitrogens with zero attached hydrogens (tertiary/aromatic N) is 3. The second-order valence-corrected chi connectivity index (χ2v) is 12.1. The Labute approximate surface area is 207 Å². The minimum Gasteiger partial charge on any atom is -0.444 e. The highest BCUT2D eigenvalue weighted by atomic mass is 32.2. The van der Waals surface area contributed by atoms with E-state index in [0.717, 1.165) is 61.8 Å².